The van der Waals surface area contributed by atoms with Crippen molar-refractivity contribution in [2.75, 3.05) is 19.6 Å². The third kappa shape index (κ3) is 5.31. The van der Waals surface area contributed by atoms with E-state index in [1.807, 2.05) is 13.0 Å². The van der Waals surface area contributed by atoms with E-state index in [1.54, 1.807) is 24.3 Å². The first kappa shape index (κ1) is 20.9. The van der Waals surface area contributed by atoms with Gasteiger partial charge in [0, 0.05) is 30.3 Å². The minimum Gasteiger partial charge on any atom is -0.352 e. The Balaban J connectivity index is 0.00000261. The molecule has 5 nitrogen and oxygen atoms in total. The van der Waals surface area contributed by atoms with Crippen LogP contribution in [0.4, 0.5) is 0 Å². The molecule has 3 rings (SSSR count). The predicted octanol–water partition coefficient (Wildman–Crippen LogP) is 2.87. The Morgan fingerprint density at radius 3 is 2.48 bits per heavy atom. The van der Waals surface area contributed by atoms with Crippen molar-refractivity contribution in [2.24, 2.45) is 0 Å². The van der Waals surface area contributed by atoms with E-state index < -0.39 is 0 Å². The van der Waals surface area contributed by atoms with E-state index in [0.29, 0.717) is 24.2 Å². The fourth-order valence-electron chi connectivity index (χ4n) is 3.21. The molecule has 2 aromatic carbocycles. The molecule has 1 aliphatic heterocycles. The topological polar surface area (TPSA) is 70.2 Å². The maximum atomic E-state index is 12.5. The zero-order valence-corrected chi connectivity index (χ0v) is 16.3. The molecule has 144 valence electrons. The average molecular weight is 388 g/mol. The lowest BCUT2D eigenvalue weighted by Crippen LogP contribution is -2.38. The van der Waals surface area contributed by atoms with Gasteiger partial charge in [0.25, 0.3) is 11.8 Å². The summed E-state index contributed by atoms with van der Waals surface area (Å²) >= 11 is 0. The fraction of sp³-hybridized carbons (Fsp3) is 0.333. The molecular weight excluding hydrogens is 362 g/mol. The number of rotatable bonds is 6. The second-order valence-corrected chi connectivity index (χ2v) is 6.50. The van der Waals surface area contributed by atoms with Crippen molar-refractivity contribution < 1.29 is 9.59 Å². The van der Waals surface area contributed by atoms with Crippen LogP contribution in [0.25, 0.3) is 0 Å². The molecule has 1 heterocycles. The van der Waals surface area contributed by atoms with Crippen molar-refractivity contribution in [2.45, 2.75) is 25.8 Å². The molecule has 0 fully saturated rings. The maximum absolute atomic E-state index is 12.5. The molecule has 0 saturated heterocycles. The Morgan fingerprint density at radius 2 is 1.74 bits per heavy atom. The van der Waals surface area contributed by atoms with Gasteiger partial charge in [0.1, 0.15) is 0 Å². The van der Waals surface area contributed by atoms with Crippen LogP contribution in [-0.2, 0) is 6.42 Å². The van der Waals surface area contributed by atoms with Crippen molar-refractivity contribution in [3.05, 3.63) is 70.8 Å². The minimum absolute atomic E-state index is 0. The Bertz CT molecular complexity index is 795. The van der Waals surface area contributed by atoms with E-state index in [1.165, 1.54) is 11.1 Å². The van der Waals surface area contributed by atoms with Crippen molar-refractivity contribution in [3.63, 3.8) is 0 Å². The minimum atomic E-state index is -0.167. The van der Waals surface area contributed by atoms with Crippen LogP contribution in [0, 0.1) is 0 Å². The summed E-state index contributed by atoms with van der Waals surface area (Å²) in [5.74, 6) is -0.315. The molecule has 3 N–H and O–H groups in total. The van der Waals surface area contributed by atoms with Crippen LogP contribution in [0.5, 0.6) is 0 Å². The van der Waals surface area contributed by atoms with Crippen LogP contribution in [0.3, 0.4) is 0 Å². The third-order valence-corrected chi connectivity index (χ3v) is 4.60. The summed E-state index contributed by atoms with van der Waals surface area (Å²) in [4.78, 5) is 24.6. The van der Waals surface area contributed by atoms with Crippen LogP contribution < -0.4 is 16.0 Å². The summed E-state index contributed by atoms with van der Waals surface area (Å²) in [6.07, 6.45) is 1.89. The number of nitrogens with one attached hydrogen (secondary N) is 3. The molecule has 1 atom stereocenters. The van der Waals surface area contributed by atoms with E-state index in [0.717, 1.165) is 19.4 Å². The summed E-state index contributed by atoms with van der Waals surface area (Å²) < 4.78 is 0. The Morgan fingerprint density at radius 1 is 1.04 bits per heavy atom. The average Bonchev–Trinajstić information content (AvgIpc) is 2.70. The lowest BCUT2D eigenvalue weighted by Gasteiger charge is -2.27. The number of carbonyl (C=O) groups is 2. The van der Waals surface area contributed by atoms with Gasteiger partial charge in [-0.1, -0.05) is 37.3 Å². The summed E-state index contributed by atoms with van der Waals surface area (Å²) in [6, 6.07) is 15.3. The smallest absolute Gasteiger partial charge is 0.251 e. The molecule has 0 spiro atoms. The van der Waals surface area contributed by atoms with Crippen molar-refractivity contribution >= 4 is 24.2 Å². The van der Waals surface area contributed by atoms with E-state index in [4.69, 9.17) is 0 Å². The highest BCUT2D eigenvalue weighted by Gasteiger charge is 2.20. The highest BCUT2D eigenvalue weighted by Crippen LogP contribution is 2.22. The van der Waals surface area contributed by atoms with Crippen LogP contribution in [-0.4, -0.2) is 31.4 Å². The first-order chi connectivity index (χ1) is 12.7. The Kier molecular flexibility index (Phi) is 7.82. The molecule has 0 aliphatic carbocycles. The molecule has 2 amide bonds. The SMILES string of the molecule is CCCNC(=O)c1cccc(C(=O)NCC2NCCc3ccccc32)c1.Cl. The normalized spacial score (nSPS) is 15.2. The number of halogens is 1. The number of fused-ring (bicyclic) bond motifs is 1. The quantitative estimate of drug-likeness (QED) is 0.713. The maximum Gasteiger partial charge on any atom is 0.251 e. The van der Waals surface area contributed by atoms with Crippen molar-refractivity contribution in [3.8, 4) is 0 Å². The van der Waals surface area contributed by atoms with Gasteiger partial charge < -0.3 is 16.0 Å². The number of benzene rings is 2. The second-order valence-electron chi connectivity index (χ2n) is 6.50. The molecule has 2 aromatic rings. The summed E-state index contributed by atoms with van der Waals surface area (Å²) in [5, 5.41) is 9.27. The van der Waals surface area contributed by atoms with Gasteiger partial charge in [-0.05, 0) is 48.7 Å². The zero-order valence-electron chi connectivity index (χ0n) is 15.5. The predicted molar refractivity (Wildman–Crippen MR) is 110 cm³/mol. The second kappa shape index (κ2) is 10.1. The summed E-state index contributed by atoms with van der Waals surface area (Å²) in [5.41, 5.74) is 3.58. The van der Waals surface area contributed by atoms with Gasteiger partial charge in [0.2, 0.25) is 0 Å². The van der Waals surface area contributed by atoms with Gasteiger partial charge in [-0.25, -0.2) is 0 Å². The molecule has 27 heavy (non-hydrogen) atoms. The van der Waals surface area contributed by atoms with Gasteiger partial charge in [-0.2, -0.15) is 0 Å². The Labute approximate surface area is 166 Å². The van der Waals surface area contributed by atoms with E-state index in [-0.39, 0.29) is 30.3 Å². The molecule has 0 bridgehead atoms. The first-order valence-electron chi connectivity index (χ1n) is 9.16. The molecule has 0 radical (unpaired) electrons. The standard InChI is InChI=1S/C21H25N3O2.ClH/c1-2-11-23-20(25)16-7-5-8-17(13-16)21(26)24-14-19-18-9-4-3-6-15(18)10-12-22-19;/h3-9,13,19,22H,2,10-12,14H2,1H3,(H,23,25)(H,24,26);1H. The highest BCUT2D eigenvalue weighted by atomic mass is 35.5. The number of amides is 2. The van der Waals surface area contributed by atoms with E-state index in [9.17, 15) is 9.59 Å². The highest BCUT2D eigenvalue weighted by molar-refractivity contribution is 5.99. The van der Waals surface area contributed by atoms with Crippen LogP contribution in [0.1, 0.15) is 51.2 Å². The summed E-state index contributed by atoms with van der Waals surface area (Å²) in [6.45, 7) is 4.05. The molecule has 1 unspecified atom stereocenters. The lowest BCUT2D eigenvalue weighted by molar-refractivity contribution is 0.0949. The number of hydrogen-bond donors (Lipinski definition) is 3. The van der Waals surface area contributed by atoms with Gasteiger partial charge >= 0.3 is 0 Å². The molecular formula is C21H26ClN3O2. The largest absolute Gasteiger partial charge is 0.352 e. The van der Waals surface area contributed by atoms with Crippen molar-refractivity contribution in [1.29, 1.82) is 0 Å². The Hall–Kier alpha value is -2.37. The molecule has 0 aromatic heterocycles. The number of hydrogen-bond acceptors (Lipinski definition) is 3. The van der Waals surface area contributed by atoms with Crippen LogP contribution in [0.15, 0.2) is 48.5 Å². The lowest BCUT2D eigenvalue weighted by atomic mass is 9.94. The number of carbonyl (C=O) groups excluding carboxylic acids is 2. The first-order valence-corrected chi connectivity index (χ1v) is 9.16. The van der Waals surface area contributed by atoms with Gasteiger partial charge in [-0.3, -0.25) is 9.59 Å². The van der Waals surface area contributed by atoms with Gasteiger partial charge in [-0.15, -0.1) is 12.4 Å². The molecule has 0 saturated carbocycles. The molecule has 6 heteroatoms. The van der Waals surface area contributed by atoms with E-state index >= 15 is 0 Å². The molecule has 1 aliphatic rings. The fourth-order valence-corrected chi connectivity index (χ4v) is 3.21. The third-order valence-electron chi connectivity index (χ3n) is 4.60. The van der Waals surface area contributed by atoms with Crippen molar-refractivity contribution in [1.82, 2.24) is 16.0 Å². The zero-order chi connectivity index (χ0) is 18.4. The van der Waals surface area contributed by atoms with E-state index in [2.05, 4.69) is 34.1 Å². The van der Waals surface area contributed by atoms with Gasteiger partial charge in [0.05, 0.1) is 0 Å². The van der Waals surface area contributed by atoms with Gasteiger partial charge in [0.15, 0.2) is 0 Å². The van der Waals surface area contributed by atoms with Crippen LogP contribution >= 0.6 is 12.4 Å². The summed E-state index contributed by atoms with van der Waals surface area (Å²) in [7, 11) is 0. The van der Waals surface area contributed by atoms with Crippen LogP contribution in [0.2, 0.25) is 0 Å². The monoisotopic (exact) mass is 387 g/mol.